The molecule has 1 aromatic carbocycles. The minimum atomic E-state index is -1.21. The molecular formula is C12H15NO5S. The van der Waals surface area contributed by atoms with Crippen LogP contribution in [0.25, 0.3) is 0 Å². The molecule has 0 spiro atoms. The lowest BCUT2D eigenvalue weighted by molar-refractivity contribution is 0.0691. The Morgan fingerprint density at radius 2 is 1.89 bits per heavy atom. The number of carboxylic acids is 1. The number of benzene rings is 1. The number of thiocarbonyl (C=S) groups is 1. The Bertz CT molecular complexity index is 461. The number of carbonyl (C=O) groups excluding carboxylic acids is 1. The van der Waals surface area contributed by atoms with E-state index < -0.39 is 12.1 Å². The third-order valence-corrected chi connectivity index (χ3v) is 1.76. The first-order valence-corrected chi connectivity index (χ1v) is 5.86. The van der Waals surface area contributed by atoms with Gasteiger partial charge < -0.3 is 20.3 Å². The van der Waals surface area contributed by atoms with Gasteiger partial charge in [0.05, 0.1) is 0 Å². The summed E-state index contributed by atoms with van der Waals surface area (Å²) in [5.41, 5.74) is 4.98. The highest BCUT2D eigenvalue weighted by molar-refractivity contribution is 7.80. The largest absolute Gasteiger partial charge is 0.514 e. The van der Waals surface area contributed by atoms with Crippen molar-refractivity contribution in [1.29, 1.82) is 0 Å². The van der Waals surface area contributed by atoms with Crippen LogP contribution >= 0.6 is 12.2 Å². The Morgan fingerprint density at radius 1 is 1.32 bits per heavy atom. The van der Waals surface area contributed by atoms with Gasteiger partial charge in [0, 0.05) is 0 Å². The standard InChI is InChI=1S/C10H9NO5S.C2H6/c11-8(17)5-15-10(14)16-7-4-2-1-3-6(7)9(12)13;1-2/h1-4H,5H2,(H2,11,17)(H,12,13);1-2H3. The van der Waals surface area contributed by atoms with Crippen molar-refractivity contribution in [2.24, 2.45) is 5.73 Å². The molecule has 19 heavy (non-hydrogen) atoms. The van der Waals surface area contributed by atoms with Gasteiger partial charge in [-0.2, -0.15) is 0 Å². The summed E-state index contributed by atoms with van der Waals surface area (Å²) in [4.78, 5) is 21.9. The second-order valence-electron chi connectivity index (χ2n) is 2.91. The van der Waals surface area contributed by atoms with Gasteiger partial charge in [0.1, 0.15) is 22.9 Å². The van der Waals surface area contributed by atoms with Gasteiger partial charge in [-0.25, -0.2) is 9.59 Å². The Balaban J connectivity index is 0.00000154. The molecule has 7 heteroatoms. The molecule has 104 valence electrons. The van der Waals surface area contributed by atoms with Gasteiger partial charge in [-0.15, -0.1) is 0 Å². The number of hydrogen-bond donors (Lipinski definition) is 2. The highest BCUT2D eigenvalue weighted by atomic mass is 32.1. The van der Waals surface area contributed by atoms with Crippen molar-refractivity contribution >= 4 is 29.3 Å². The van der Waals surface area contributed by atoms with Crippen LogP contribution in [0.1, 0.15) is 24.2 Å². The summed E-state index contributed by atoms with van der Waals surface area (Å²) in [6.45, 7) is 3.74. The van der Waals surface area contributed by atoms with Crippen LogP contribution < -0.4 is 10.5 Å². The summed E-state index contributed by atoms with van der Waals surface area (Å²) in [5, 5.41) is 8.82. The Kier molecular flexibility index (Phi) is 7.87. The van der Waals surface area contributed by atoms with Gasteiger partial charge >= 0.3 is 12.1 Å². The normalized spacial score (nSPS) is 8.74. The number of carboxylic acid groups (broad SMARTS) is 1. The van der Waals surface area contributed by atoms with E-state index in [0.29, 0.717) is 0 Å². The molecule has 0 unspecified atom stereocenters. The maximum absolute atomic E-state index is 11.1. The first kappa shape index (κ1) is 16.9. The molecule has 1 rings (SSSR count). The molecule has 1 aromatic rings. The van der Waals surface area contributed by atoms with E-state index in [1.54, 1.807) is 0 Å². The Morgan fingerprint density at radius 3 is 2.42 bits per heavy atom. The topological polar surface area (TPSA) is 98.9 Å². The molecule has 0 saturated carbocycles. The fourth-order valence-corrected chi connectivity index (χ4v) is 1.04. The van der Waals surface area contributed by atoms with E-state index in [4.69, 9.17) is 15.6 Å². The SMILES string of the molecule is CC.NC(=S)COC(=O)Oc1ccccc1C(=O)O. The number of nitrogens with two attached hydrogens (primary N) is 1. The van der Waals surface area contributed by atoms with E-state index in [1.165, 1.54) is 24.3 Å². The minimum absolute atomic E-state index is 0.00605. The zero-order valence-corrected chi connectivity index (χ0v) is 11.4. The molecule has 0 aromatic heterocycles. The molecule has 0 bridgehead atoms. The van der Waals surface area contributed by atoms with Crippen molar-refractivity contribution in [2.75, 3.05) is 6.61 Å². The van der Waals surface area contributed by atoms with Gasteiger partial charge in [0.15, 0.2) is 0 Å². The summed E-state index contributed by atoms with van der Waals surface area (Å²) in [6, 6.07) is 5.68. The van der Waals surface area contributed by atoms with Crippen LogP contribution in [0, 0.1) is 0 Å². The van der Waals surface area contributed by atoms with Crippen molar-refractivity contribution in [3.8, 4) is 5.75 Å². The van der Waals surface area contributed by atoms with Crippen LogP contribution in [0.2, 0.25) is 0 Å². The number of hydrogen-bond acceptors (Lipinski definition) is 5. The van der Waals surface area contributed by atoms with Crippen LogP contribution in [0.5, 0.6) is 5.75 Å². The van der Waals surface area contributed by atoms with Gasteiger partial charge in [0.25, 0.3) is 0 Å². The molecule has 0 amide bonds. The van der Waals surface area contributed by atoms with Crippen LogP contribution in [0.3, 0.4) is 0 Å². The average molecular weight is 285 g/mol. The molecule has 6 nitrogen and oxygen atoms in total. The van der Waals surface area contributed by atoms with Crippen molar-refractivity contribution < 1.29 is 24.2 Å². The van der Waals surface area contributed by atoms with Crippen molar-refractivity contribution in [2.45, 2.75) is 13.8 Å². The smallest absolute Gasteiger partial charge is 0.478 e. The maximum Gasteiger partial charge on any atom is 0.514 e. The average Bonchev–Trinajstić information content (AvgIpc) is 2.39. The fourth-order valence-electron chi connectivity index (χ4n) is 0.982. The zero-order valence-electron chi connectivity index (χ0n) is 10.6. The van der Waals surface area contributed by atoms with E-state index in [9.17, 15) is 9.59 Å². The predicted molar refractivity (Wildman–Crippen MR) is 73.5 cm³/mol. The van der Waals surface area contributed by atoms with Crippen LogP contribution in [0.4, 0.5) is 4.79 Å². The highest BCUT2D eigenvalue weighted by Crippen LogP contribution is 2.18. The monoisotopic (exact) mass is 285 g/mol. The lowest BCUT2D eigenvalue weighted by atomic mass is 10.2. The molecule has 3 N–H and O–H groups in total. The summed E-state index contributed by atoms with van der Waals surface area (Å²) >= 11 is 4.50. The van der Waals surface area contributed by atoms with Gasteiger partial charge in [0.2, 0.25) is 0 Å². The van der Waals surface area contributed by atoms with Crippen molar-refractivity contribution in [3.63, 3.8) is 0 Å². The van der Waals surface area contributed by atoms with E-state index in [1.807, 2.05) is 13.8 Å². The van der Waals surface area contributed by atoms with E-state index >= 15 is 0 Å². The second-order valence-corrected chi connectivity index (χ2v) is 3.43. The molecule has 0 saturated heterocycles. The van der Waals surface area contributed by atoms with Crippen LogP contribution in [-0.4, -0.2) is 28.8 Å². The number of ether oxygens (including phenoxy) is 2. The third-order valence-electron chi connectivity index (χ3n) is 1.64. The minimum Gasteiger partial charge on any atom is -0.478 e. The van der Waals surface area contributed by atoms with Crippen molar-refractivity contribution in [3.05, 3.63) is 29.8 Å². The second kappa shape index (κ2) is 8.87. The Labute approximate surface area is 116 Å². The fraction of sp³-hybridized carbons (Fsp3) is 0.250. The molecule has 0 heterocycles. The quantitative estimate of drug-likeness (QED) is 0.497. The van der Waals surface area contributed by atoms with Gasteiger partial charge in [-0.3, -0.25) is 0 Å². The number of para-hydroxylation sites is 1. The molecule has 0 radical (unpaired) electrons. The molecule has 0 aliphatic rings. The molecule has 0 fully saturated rings. The van der Waals surface area contributed by atoms with Crippen LogP contribution in [-0.2, 0) is 4.74 Å². The summed E-state index contributed by atoms with van der Waals surface area (Å²) in [7, 11) is 0. The number of carbonyl (C=O) groups is 2. The van der Waals surface area contributed by atoms with E-state index in [0.717, 1.165) is 0 Å². The summed E-state index contributed by atoms with van der Waals surface area (Å²) in [5.74, 6) is -1.31. The van der Waals surface area contributed by atoms with Gasteiger partial charge in [-0.1, -0.05) is 38.2 Å². The lowest BCUT2D eigenvalue weighted by Gasteiger charge is -2.07. The van der Waals surface area contributed by atoms with E-state index in [2.05, 4.69) is 17.0 Å². The molecule has 0 aliphatic heterocycles. The first-order chi connectivity index (χ1) is 9.00. The Hall–Kier alpha value is -2.15. The van der Waals surface area contributed by atoms with Gasteiger partial charge in [-0.05, 0) is 12.1 Å². The summed E-state index contributed by atoms with van der Waals surface area (Å²) in [6.07, 6.45) is -1.06. The molecular weight excluding hydrogens is 270 g/mol. The van der Waals surface area contributed by atoms with Crippen molar-refractivity contribution in [1.82, 2.24) is 0 Å². The highest BCUT2D eigenvalue weighted by Gasteiger charge is 2.14. The number of aromatic carboxylic acids is 1. The molecule has 0 aliphatic carbocycles. The third kappa shape index (κ3) is 6.37. The van der Waals surface area contributed by atoms with Crippen LogP contribution in [0.15, 0.2) is 24.3 Å². The first-order valence-electron chi connectivity index (χ1n) is 5.46. The zero-order chi connectivity index (χ0) is 14.8. The predicted octanol–water partition coefficient (Wildman–Crippen LogP) is 2.21. The van der Waals surface area contributed by atoms with E-state index in [-0.39, 0.29) is 22.9 Å². The lowest BCUT2D eigenvalue weighted by Crippen LogP contribution is -2.21. The summed E-state index contributed by atoms with van der Waals surface area (Å²) < 4.78 is 9.22. The maximum atomic E-state index is 11.1. The molecule has 0 atom stereocenters. The number of rotatable bonds is 4.